The van der Waals surface area contributed by atoms with Crippen LogP contribution in [0.1, 0.15) is 11.7 Å². The number of hydrogen-bond donors (Lipinski definition) is 2. The second-order valence-electron chi connectivity index (χ2n) is 3.75. The first-order valence-electron chi connectivity index (χ1n) is 5.47. The highest BCUT2D eigenvalue weighted by Crippen LogP contribution is 2.24. The van der Waals surface area contributed by atoms with E-state index < -0.39 is 31.6 Å². The maximum absolute atomic E-state index is 12.7. The summed E-state index contributed by atoms with van der Waals surface area (Å²) in [4.78, 5) is 7.77. The van der Waals surface area contributed by atoms with Crippen molar-refractivity contribution in [1.29, 1.82) is 0 Å². The average molecular weight is 298 g/mol. The monoisotopic (exact) mass is 298 g/mol. The van der Waals surface area contributed by atoms with Crippen LogP contribution in [-0.2, 0) is 4.74 Å². The topological polar surface area (TPSA) is 82.3 Å². The van der Waals surface area contributed by atoms with Gasteiger partial charge in [-0.05, 0) is 0 Å². The highest BCUT2D eigenvalue weighted by Gasteiger charge is 2.41. The van der Waals surface area contributed by atoms with Gasteiger partial charge in [-0.25, -0.2) is 19.2 Å². The summed E-state index contributed by atoms with van der Waals surface area (Å²) in [6.07, 6.45) is -1.09. The number of nitrogens with one attached hydrogen (secondary N) is 1. The van der Waals surface area contributed by atoms with Gasteiger partial charge >= 0.3 is 12.3 Å². The standard InChI is InChI=1S/C10H14F4N4O2/c1-19-8-7(16-2-3-17-8)6(18-15)4-20-5-10(13,14)9(11)12/h2-3,6,9,18H,4-5,15H2,1H3. The molecule has 6 nitrogen and oxygen atoms in total. The molecule has 1 atom stereocenters. The predicted molar refractivity (Wildman–Crippen MR) is 60.4 cm³/mol. The summed E-state index contributed by atoms with van der Waals surface area (Å²) in [6.45, 7) is -1.82. The molecular formula is C10H14F4N4O2. The van der Waals surface area contributed by atoms with Crippen molar-refractivity contribution in [2.45, 2.75) is 18.4 Å². The van der Waals surface area contributed by atoms with Crippen LogP contribution >= 0.6 is 0 Å². The summed E-state index contributed by atoms with van der Waals surface area (Å²) in [7, 11) is 1.34. The van der Waals surface area contributed by atoms with E-state index >= 15 is 0 Å². The van der Waals surface area contributed by atoms with Crippen molar-refractivity contribution in [3.63, 3.8) is 0 Å². The Balaban J connectivity index is 2.64. The van der Waals surface area contributed by atoms with Gasteiger partial charge in [0, 0.05) is 12.4 Å². The molecule has 0 aliphatic carbocycles. The summed E-state index contributed by atoms with van der Waals surface area (Å²) in [5, 5.41) is 0. The SMILES string of the molecule is COc1nccnc1C(COCC(F)(F)C(F)F)NN. The van der Waals surface area contributed by atoms with Gasteiger partial charge in [0.1, 0.15) is 12.3 Å². The van der Waals surface area contributed by atoms with Crippen molar-refractivity contribution in [1.82, 2.24) is 15.4 Å². The summed E-state index contributed by atoms with van der Waals surface area (Å²) in [6, 6.07) is -0.827. The molecular weight excluding hydrogens is 284 g/mol. The van der Waals surface area contributed by atoms with E-state index in [9.17, 15) is 17.6 Å². The summed E-state index contributed by atoms with van der Waals surface area (Å²) in [5.41, 5.74) is 2.49. The molecule has 1 unspecified atom stereocenters. The average Bonchev–Trinajstić information content (AvgIpc) is 2.43. The van der Waals surface area contributed by atoms with Gasteiger partial charge in [0.2, 0.25) is 5.88 Å². The molecule has 0 bridgehead atoms. The first-order chi connectivity index (χ1) is 9.42. The molecule has 0 amide bonds. The lowest BCUT2D eigenvalue weighted by atomic mass is 10.2. The molecule has 114 valence electrons. The normalized spacial score (nSPS) is 13.6. The smallest absolute Gasteiger partial charge is 0.330 e. The maximum Gasteiger partial charge on any atom is 0.330 e. The lowest BCUT2D eigenvalue weighted by molar-refractivity contribution is -0.167. The Morgan fingerprint density at radius 1 is 1.35 bits per heavy atom. The molecule has 0 fully saturated rings. The third-order valence-electron chi connectivity index (χ3n) is 2.31. The quantitative estimate of drug-likeness (QED) is 0.422. The van der Waals surface area contributed by atoms with E-state index in [0.717, 1.165) is 0 Å². The van der Waals surface area contributed by atoms with Gasteiger partial charge in [0.05, 0.1) is 19.8 Å². The second kappa shape index (κ2) is 7.31. The molecule has 1 rings (SSSR count). The van der Waals surface area contributed by atoms with Gasteiger partial charge in [-0.3, -0.25) is 10.8 Å². The van der Waals surface area contributed by atoms with E-state index in [1.54, 1.807) is 0 Å². The first-order valence-corrected chi connectivity index (χ1v) is 5.47. The molecule has 0 saturated heterocycles. The van der Waals surface area contributed by atoms with Crippen molar-refractivity contribution < 1.29 is 27.0 Å². The fourth-order valence-corrected chi connectivity index (χ4v) is 1.31. The van der Waals surface area contributed by atoms with E-state index in [1.165, 1.54) is 19.5 Å². The molecule has 3 N–H and O–H groups in total. The number of hydrogen-bond acceptors (Lipinski definition) is 6. The molecule has 10 heteroatoms. The van der Waals surface area contributed by atoms with Gasteiger partial charge in [0.15, 0.2) is 0 Å². The highest BCUT2D eigenvalue weighted by molar-refractivity contribution is 5.21. The van der Waals surface area contributed by atoms with E-state index in [2.05, 4.69) is 20.1 Å². The number of ether oxygens (including phenoxy) is 2. The van der Waals surface area contributed by atoms with Gasteiger partial charge < -0.3 is 9.47 Å². The molecule has 0 radical (unpaired) electrons. The highest BCUT2D eigenvalue weighted by atomic mass is 19.3. The lowest BCUT2D eigenvalue weighted by Crippen LogP contribution is -2.36. The van der Waals surface area contributed by atoms with E-state index in [1.807, 2.05) is 0 Å². The van der Waals surface area contributed by atoms with Crippen LogP contribution < -0.4 is 16.0 Å². The zero-order valence-electron chi connectivity index (χ0n) is 10.5. The summed E-state index contributed by atoms with van der Waals surface area (Å²) in [5.74, 6) is 1.16. The summed E-state index contributed by atoms with van der Waals surface area (Å²) >= 11 is 0. The van der Waals surface area contributed by atoms with Gasteiger partial charge in [0.25, 0.3) is 0 Å². The minimum atomic E-state index is -4.22. The minimum absolute atomic E-state index is 0.125. The van der Waals surface area contributed by atoms with Crippen LogP contribution in [0.15, 0.2) is 12.4 Å². The third-order valence-corrected chi connectivity index (χ3v) is 2.31. The molecule has 1 aromatic rings. The number of rotatable bonds is 8. The minimum Gasteiger partial charge on any atom is -0.480 e. The number of nitrogens with zero attached hydrogens (tertiary/aromatic N) is 2. The van der Waals surface area contributed by atoms with Crippen molar-refractivity contribution in [3.8, 4) is 5.88 Å². The maximum atomic E-state index is 12.7. The number of hydrazine groups is 1. The second-order valence-corrected chi connectivity index (χ2v) is 3.75. The molecule has 0 aliphatic rings. The molecule has 20 heavy (non-hydrogen) atoms. The Labute approximate surface area is 112 Å². The number of alkyl halides is 4. The Hall–Kier alpha value is -1.52. The van der Waals surface area contributed by atoms with Crippen LogP contribution in [0.4, 0.5) is 17.6 Å². The van der Waals surface area contributed by atoms with Crippen LogP contribution in [0.3, 0.4) is 0 Å². The van der Waals surface area contributed by atoms with Gasteiger partial charge in [-0.1, -0.05) is 0 Å². The fraction of sp³-hybridized carbons (Fsp3) is 0.600. The molecule has 1 heterocycles. The largest absolute Gasteiger partial charge is 0.480 e. The van der Waals surface area contributed by atoms with Crippen molar-refractivity contribution in [2.75, 3.05) is 20.3 Å². The summed E-state index contributed by atoms with van der Waals surface area (Å²) < 4.78 is 58.7. The van der Waals surface area contributed by atoms with Crippen LogP contribution in [0.5, 0.6) is 5.88 Å². The Bertz CT molecular complexity index is 422. The third kappa shape index (κ3) is 4.25. The van der Waals surface area contributed by atoms with E-state index in [4.69, 9.17) is 10.6 Å². The van der Waals surface area contributed by atoms with Crippen LogP contribution in [0.25, 0.3) is 0 Å². The molecule has 0 aliphatic heterocycles. The number of halogens is 4. The Morgan fingerprint density at radius 3 is 2.55 bits per heavy atom. The van der Waals surface area contributed by atoms with Crippen molar-refractivity contribution in [3.05, 3.63) is 18.1 Å². The Kier molecular flexibility index (Phi) is 6.05. The Morgan fingerprint density at radius 2 is 2.00 bits per heavy atom. The van der Waals surface area contributed by atoms with Crippen molar-refractivity contribution in [2.24, 2.45) is 5.84 Å². The van der Waals surface area contributed by atoms with Gasteiger partial charge in [-0.15, -0.1) is 0 Å². The van der Waals surface area contributed by atoms with E-state index in [-0.39, 0.29) is 11.6 Å². The van der Waals surface area contributed by atoms with Gasteiger partial charge in [-0.2, -0.15) is 8.78 Å². The predicted octanol–water partition coefficient (Wildman–Crippen LogP) is 0.907. The number of aromatic nitrogens is 2. The fourth-order valence-electron chi connectivity index (χ4n) is 1.31. The molecule has 0 spiro atoms. The van der Waals surface area contributed by atoms with Crippen molar-refractivity contribution >= 4 is 0 Å². The van der Waals surface area contributed by atoms with Crippen LogP contribution in [0, 0.1) is 0 Å². The van der Waals surface area contributed by atoms with Crippen LogP contribution in [0.2, 0.25) is 0 Å². The molecule has 0 aromatic carbocycles. The molecule has 1 aromatic heterocycles. The molecule has 0 saturated carbocycles. The zero-order valence-corrected chi connectivity index (χ0v) is 10.5. The lowest BCUT2D eigenvalue weighted by Gasteiger charge is -2.19. The first kappa shape index (κ1) is 16.5. The zero-order chi connectivity index (χ0) is 15.2. The number of nitrogens with two attached hydrogens (primary N) is 1. The van der Waals surface area contributed by atoms with E-state index in [0.29, 0.717) is 0 Å². The number of methoxy groups -OCH3 is 1. The van der Waals surface area contributed by atoms with Crippen LogP contribution in [-0.4, -0.2) is 42.6 Å².